The number of para-hydroxylation sites is 1. The topological polar surface area (TPSA) is 227 Å². The van der Waals surface area contributed by atoms with Gasteiger partial charge in [0.1, 0.15) is 36.4 Å². The van der Waals surface area contributed by atoms with Crippen LogP contribution in [0.5, 0.6) is 17.5 Å². The van der Waals surface area contributed by atoms with Gasteiger partial charge in [-0.25, -0.2) is 43.7 Å². The molecule has 22 heteroatoms. The van der Waals surface area contributed by atoms with Crippen LogP contribution < -0.4 is 14.2 Å². The quantitative estimate of drug-likeness (QED) is 0.0601. The molecule has 0 spiro atoms. The lowest BCUT2D eigenvalue weighted by Gasteiger charge is -2.14. The van der Waals surface area contributed by atoms with E-state index in [0.717, 1.165) is 78.0 Å². The molecule has 17 nitrogen and oxygen atoms in total. The summed E-state index contributed by atoms with van der Waals surface area (Å²) in [6.45, 7) is 72.0. The third-order valence-electron chi connectivity index (χ3n) is 19.6. The number of hydrogen-bond acceptors (Lipinski definition) is 20. The molecule has 0 aliphatic carbocycles. The molecule has 0 fully saturated rings. The number of thiazole rings is 3. The molecule has 0 radical (unpaired) electrons. The monoisotopic (exact) mass is 1820 g/mol. The Labute approximate surface area is 785 Å². The number of nitrogens with zero attached hydrogens (tertiary/aromatic N) is 11. The number of aromatic nitrogens is 11. The maximum absolute atomic E-state index is 13.4. The second-order valence-electron chi connectivity index (χ2n) is 36.1. The maximum Gasteiger partial charge on any atom is 0.232 e. The van der Waals surface area contributed by atoms with E-state index in [1.54, 1.807) is 76.1 Å². The molecule has 129 heavy (non-hydrogen) atoms. The number of halogens is 2. The number of fused-ring (bicyclic) bond motifs is 1. The first kappa shape index (κ1) is 113. The number of ketones is 1. The zero-order valence-electron chi connectivity index (χ0n) is 83.8. The second-order valence-corrected chi connectivity index (χ2v) is 38.9. The summed E-state index contributed by atoms with van der Waals surface area (Å²) in [6.07, 6.45) is 11.3. The summed E-state index contributed by atoms with van der Waals surface area (Å²) < 4.78 is 42.8. The molecular formula is C107H151F2N11O6S3. The molecule has 0 aliphatic rings. The first-order chi connectivity index (χ1) is 60.5. The van der Waals surface area contributed by atoms with Crippen LogP contribution in [-0.2, 0) is 5.41 Å². The minimum Gasteiger partial charge on any atom is -0.495 e. The van der Waals surface area contributed by atoms with Gasteiger partial charge >= 0.3 is 0 Å². The van der Waals surface area contributed by atoms with Gasteiger partial charge in [-0.3, -0.25) is 24.7 Å². The number of carbonyl (C=O) groups excluding carboxylic acids is 1. The van der Waals surface area contributed by atoms with Crippen LogP contribution in [-0.4, -0.2) is 103 Å². The Morgan fingerprint density at radius 2 is 1.07 bits per heavy atom. The van der Waals surface area contributed by atoms with Crippen LogP contribution in [0.15, 0.2) is 158 Å². The van der Waals surface area contributed by atoms with Gasteiger partial charge in [0.15, 0.2) is 5.78 Å². The molecule has 0 aliphatic heterocycles. The summed E-state index contributed by atoms with van der Waals surface area (Å²) in [5, 5.41) is 27.7. The molecule has 2 N–H and O–H groups in total. The number of carbonyl (C=O) groups is 1. The fraction of sp³-hybridized carbons (Fsp3) is 0.477. The predicted molar refractivity (Wildman–Crippen MR) is 540 cm³/mol. The van der Waals surface area contributed by atoms with Crippen molar-refractivity contribution in [1.29, 1.82) is 0 Å². The van der Waals surface area contributed by atoms with Gasteiger partial charge in [0, 0.05) is 117 Å². The Kier molecular flexibility index (Phi) is 50.4. The van der Waals surface area contributed by atoms with Crippen LogP contribution in [0.4, 0.5) is 8.78 Å². The third kappa shape index (κ3) is 41.0. The van der Waals surface area contributed by atoms with Crippen molar-refractivity contribution in [3.8, 4) is 28.8 Å². The van der Waals surface area contributed by atoms with Crippen LogP contribution in [0.25, 0.3) is 27.7 Å². The van der Waals surface area contributed by atoms with Crippen LogP contribution in [0.2, 0.25) is 0 Å². The number of aryl methyl sites for hydroxylation is 6. The predicted octanol–water partition coefficient (Wildman–Crippen LogP) is 29.4. The number of rotatable bonds is 22. The summed E-state index contributed by atoms with van der Waals surface area (Å²) in [5.74, 6) is 6.16. The number of aliphatic hydroxyl groups is 2. The maximum atomic E-state index is 13.4. The summed E-state index contributed by atoms with van der Waals surface area (Å²) in [4.78, 5) is 59.6. The Balaban J connectivity index is 0.000000371. The van der Waals surface area contributed by atoms with Crippen molar-refractivity contribution in [1.82, 2.24) is 54.8 Å². The van der Waals surface area contributed by atoms with Gasteiger partial charge in [0.25, 0.3) is 0 Å². The number of ether oxygens (including phenoxy) is 3. The van der Waals surface area contributed by atoms with E-state index in [4.69, 9.17) is 14.2 Å². The molecule has 0 saturated carbocycles. The van der Waals surface area contributed by atoms with Gasteiger partial charge in [0.05, 0.1) is 79.4 Å². The highest BCUT2D eigenvalue weighted by molar-refractivity contribution is 7.14. The Bertz CT molecular complexity index is 5200. The van der Waals surface area contributed by atoms with Crippen molar-refractivity contribution in [2.24, 2.45) is 0 Å². The van der Waals surface area contributed by atoms with Crippen LogP contribution in [0.3, 0.4) is 0 Å². The van der Waals surface area contributed by atoms with E-state index in [1.165, 1.54) is 66.8 Å². The summed E-state index contributed by atoms with van der Waals surface area (Å²) >= 11 is 5.03. The third-order valence-corrected chi connectivity index (χ3v) is 23.5. The molecule has 2 atom stereocenters. The number of methoxy groups -OCH3 is 1. The zero-order chi connectivity index (χ0) is 97.3. The SMILES string of the molecule is C=C(C)c1cc(F)c(C(C)C)c(F)c1.CC(=O)c1sc(C(C)C)nc1C.CC(C)c1nc(C(C)(C)C)cs1.CCC(O)COc1cncc(C(C)C)n1.CC[C@@H](O)COc1cc(C(C)C)ccn1.COc1ccc(C)nc1C(C)C.Cc1cc(C(C)C)ccn1.Cc1cnc(C(C)C)nc1-c1ccccc1.Cc1cnc2c(C(C)C)cccc2c1.Cc1csc(C(C)C)n1. The van der Waals surface area contributed by atoms with Crippen molar-refractivity contribution < 1.29 is 38.0 Å². The van der Waals surface area contributed by atoms with Gasteiger partial charge in [-0.1, -0.05) is 234 Å². The number of hydrogen-bond donors (Lipinski definition) is 2. The number of pyridine rings is 4. The molecule has 3 aromatic carbocycles. The number of Topliss-reactive ketones (excluding diaryl/α,β-unsaturated/α-hetero) is 1. The number of benzene rings is 3. The van der Waals surface area contributed by atoms with Gasteiger partial charge in [0.2, 0.25) is 11.8 Å². The average Bonchev–Trinajstić information content (AvgIpc) is 1.62. The Hall–Kier alpha value is -9.84. The van der Waals surface area contributed by atoms with Crippen LogP contribution >= 0.6 is 34.0 Å². The fourth-order valence-electron chi connectivity index (χ4n) is 11.5. The Morgan fingerprint density at radius 1 is 0.504 bits per heavy atom. The smallest absolute Gasteiger partial charge is 0.232 e. The molecule has 9 aromatic heterocycles. The van der Waals surface area contributed by atoms with Gasteiger partial charge < -0.3 is 24.4 Å². The number of aliphatic hydroxyl groups excluding tert-OH is 2. The number of allylic oxidation sites excluding steroid dienone is 1. The first-order valence-electron chi connectivity index (χ1n) is 45.1. The zero-order valence-corrected chi connectivity index (χ0v) is 86.3. The molecule has 0 bridgehead atoms. The van der Waals surface area contributed by atoms with Crippen LogP contribution in [0.1, 0.15) is 368 Å². The normalized spacial score (nSPS) is 11.4. The van der Waals surface area contributed by atoms with E-state index in [-0.39, 0.29) is 29.3 Å². The van der Waals surface area contributed by atoms with Gasteiger partial charge in [-0.2, -0.15) is 0 Å². The molecule has 702 valence electrons. The molecular weight excluding hydrogens is 1670 g/mol. The van der Waals surface area contributed by atoms with Crippen molar-refractivity contribution in [2.75, 3.05) is 20.3 Å². The standard InChI is InChI=1S/C14H16N2.C13H15N.C12H14F2.C12H19NO2.C11H18N2O2.C10H15NO.C10H17NS.C9H13NOS.C9H13N.C7H11NS/c1-10(2)14-15-9-11(3)13(16-14)12-7-5-4-6-8-12;1-9(2)12-6-4-5-11-7-10(3)8-14-13(11)12;1-7(2)9-5-10(13)12(8(3)4)11(14)6-9;1-4-11(14)8-15-12-7-10(9(2)3)5-6-13-12;1-4-9(14)7-15-11-6-12-5-10(13-11)8(2)3;1-7(2)10-9(12-4)6-5-8(3)11-10;1-7(2)9-11-8(6-12-9)10(3,4)5;1-5(2)9-10-6(3)8(12-9)7(4)11;1-7(2)9-4-5-10-8(3)6-9;1-5(2)7-8-6(3)4-9-7/h4-10H,1-3H3;4-9H,1-3H3;5-6,8H,1H2,2-4H3;5-7,9,11,14H,4,8H2,1-3H3;5-6,8-9,14H,4,7H2,1-3H3;5-7H,1-4H3;6-7H,1-5H3;5H,1-4H3;4-7H,1-3H3;4-5H,1-3H3/t;;;11-;;;;;;/m...1....../s1. The summed E-state index contributed by atoms with van der Waals surface area (Å²) in [6, 6.07) is 33.5. The lowest BCUT2D eigenvalue weighted by molar-refractivity contribution is 0.101. The fourth-order valence-corrected chi connectivity index (χ4v) is 14.4. The van der Waals surface area contributed by atoms with Gasteiger partial charge in [-0.15, -0.1) is 34.0 Å². The van der Waals surface area contributed by atoms with Crippen molar-refractivity contribution in [3.63, 3.8) is 0 Å². The van der Waals surface area contributed by atoms with E-state index in [9.17, 15) is 23.8 Å². The molecule has 12 rings (SSSR count). The highest BCUT2D eigenvalue weighted by atomic mass is 32.1. The lowest BCUT2D eigenvalue weighted by Crippen LogP contribution is -2.16. The lowest BCUT2D eigenvalue weighted by atomic mass is 9.93. The average molecular weight is 1820 g/mol. The van der Waals surface area contributed by atoms with E-state index in [1.807, 2.05) is 110 Å². The first-order valence-corrected chi connectivity index (χ1v) is 47.7. The highest BCUT2D eigenvalue weighted by Gasteiger charge is 2.20. The van der Waals surface area contributed by atoms with Crippen molar-refractivity contribution in [3.05, 3.63) is 274 Å². The van der Waals surface area contributed by atoms with E-state index in [2.05, 4.69) is 273 Å². The molecule has 9 heterocycles. The van der Waals surface area contributed by atoms with Crippen LogP contribution in [0, 0.1) is 53.2 Å². The van der Waals surface area contributed by atoms with Gasteiger partial charge in [-0.05, 0) is 179 Å². The molecule has 1 unspecified atom stereocenters. The second kappa shape index (κ2) is 57.4. The van der Waals surface area contributed by atoms with E-state index < -0.39 is 23.8 Å². The minimum atomic E-state index is -0.488. The summed E-state index contributed by atoms with van der Waals surface area (Å²) in [7, 11) is 1.68. The molecule has 0 amide bonds. The molecule has 0 saturated heterocycles. The summed E-state index contributed by atoms with van der Waals surface area (Å²) in [5.41, 5.74) is 18.4. The van der Waals surface area contributed by atoms with Crippen molar-refractivity contribution >= 4 is 56.3 Å². The molecule has 12 aromatic rings. The Morgan fingerprint density at radius 3 is 1.51 bits per heavy atom. The highest BCUT2D eigenvalue weighted by Crippen LogP contribution is 2.32. The minimum absolute atomic E-state index is 0.122. The van der Waals surface area contributed by atoms with E-state index in [0.29, 0.717) is 95.6 Å². The van der Waals surface area contributed by atoms with E-state index >= 15 is 0 Å². The van der Waals surface area contributed by atoms with Crippen molar-refractivity contribution in [2.45, 2.75) is 318 Å². The largest absolute Gasteiger partial charge is 0.495 e.